The Labute approximate surface area is 85.1 Å². The van der Waals surface area contributed by atoms with Gasteiger partial charge in [0, 0.05) is 5.54 Å². The number of rotatable bonds is 3. The molecule has 0 saturated heterocycles. The van der Waals surface area contributed by atoms with Gasteiger partial charge in [-0.3, -0.25) is 0 Å². The van der Waals surface area contributed by atoms with Crippen LogP contribution in [-0.2, 0) is 0 Å². The Hall–Kier alpha value is -0.530. The van der Waals surface area contributed by atoms with Crippen LogP contribution in [0.2, 0.25) is 0 Å². The van der Waals surface area contributed by atoms with E-state index in [9.17, 15) is 0 Å². The van der Waals surface area contributed by atoms with Crippen molar-refractivity contribution in [2.45, 2.75) is 24.8 Å². The van der Waals surface area contributed by atoms with Gasteiger partial charge >= 0.3 is 0 Å². The Balaban J connectivity index is 2.85. The lowest BCUT2D eigenvalue weighted by atomic mass is 9.94. The second-order valence-electron chi connectivity index (χ2n) is 3.74. The average Bonchev–Trinajstić information content (AvgIpc) is 2.18. The van der Waals surface area contributed by atoms with Crippen LogP contribution >= 0.6 is 11.6 Å². The molecule has 72 valence electrons. The van der Waals surface area contributed by atoms with Gasteiger partial charge in [-0.1, -0.05) is 30.3 Å². The zero-order valence-electron chi connectivity index (χ0n) is 8.34. The van der Waals surface area contributed by atoms with Crippen molar-refractivity contribution in [2.75, 3.05) is 7.05 Å². The number of alkyl halides is 1. The molecule has 1 aromatic carbocycles. The van der Waals surface area contributed by atoms with Crippen molar-refractivity contribution in [3.8, 4) is 0 Å². The zero-order valence-corrected chi connectivity index (χ0v) is 9.10. The van der Waals surface area contributed by atoms with Gasteiger partial charge in [-0.2, -0.15) is 0 Å². The largest absolute Gasteiger partial charge is 0.313 e. The molecule has 0 bridgehead atoms. The lowest BCUT2D eigenvalue weighted by Gasteiger charge is -2.29. The van der Waals surface area contributed by atoms with E-state index in [0.29, 0.717) is 0 Å². The van der Waals surface area contributed by atoms with Gasteiger partial charge in [0.05, 0.1) is 5.38 Å². The van der Waals surface area contributed by atoms with Crippen LogP contribution in [-0.4, -0.2) is 12.6 Å². The molecule has 0 radical (unpaired) electrons. The molecule has 0 fully saturated rings. The summed E-state index contributed by atoms with van der Waals surface area (Å²) in [5, 5.41) is 3.21. The predicted octanol–water partition coefficient (Wildman–Crippen LogP) is 2.96. The normalized spacial score (nSPS) is 14.2. The molecule has 2 heteroatoms. The van der Waals surface area contributed by atoms with E-state index in [1.54, 1.807) is 0 Å². The van der Waals surface area contributed by atoms with E-state index in [0.717, 1.165) is 5.56 Å². The van der Waals surface area contributed by atoms with Crippen LogP contribution in [0, 0.1) is 0 Å². The molecule has 0 saturated carbocycles. The SMILES string of the molecule is CNC(C)(C)C(Cl)c1ccccc1. The molecule has 13 heavy (non-hydrogen) atoms. The maximum atomic E-state index is 6.34. The summed E-state index contributed by atoms with van der Waals surface area (Å²) in [4.78, 5) is 0. The minimum Gasteiger partial charge on any atom is -0.313 e. The number of nitrogens with one attached hydrogen (secondary N) is 1. The summed E-state index contributed by atoms with van der Waals surface area (Å²) < 4.78 is 0. The number of benzene rings is 1. The van der Waals surface area contributed by atoms with Crippen molar-refractivity contribution in [3.05, 3.63) is 35.9 Å². The minimum atomic E-state index is -0.0804. The first-order valence-corrected chi connectivity index (χ1v) is 4.89. The van der Waals surface area contributed by atoms with E-state index in [4.69, 9.17) is 11.6 Å². The van der Waals surface area contributed by atoms with Crippen LogP contribution in [0.3, 0.4) is 0 Å². The van der Waals surface area contributed by atoms with Gasteiger partial charge in [-0.25, -0.2) is 0 Å². The molecule has 0 aromatic heterocycles. The van der Waals surface area contributed by atoms with Crippen molar-refractivity contribution in [3.63, 3.8) is 0 Å². The van der Waals surface area contributed by atoms with Crippen LogP contribution in [0.15, 0.2) is 30.3 Å². The molecule has 1 nitrogen and oxygen atoms in total. The Morgan fingerprint density at radius 1 is 1.23 bits per heavy atom. The van der Waals surface area contributed by atoms with E-state index in [2.05, 4.69) is 31.3 Å². The highest BCUT2D eigenvalue weighted by atomic mass is 35.5. The summed E-state index contributed by atoms with van der Waals surface area (Å²) in [5.74, 6) is 0. The molecule has 0 aliphatic carbocycles. The maximum Gasteiger partial charge on any atom is 0.0761 e. The fraction of sp³-hybridized carbons (Fsp3) is 0.455. The van der Waals surface area contributed by atoms with Crippen LogP contribution in [0.25, 0.3) is 0 Å². The van der Waals surface area contributed by atoms with Crippen molar-refractivity contribution < 1.29 is 0 Å². The number of hydrogen-bond acceptors (Lipinski definition) is 1. The highest BCUT2D eigenvalue weighted by Crippen LogP contribution is 2.31. The zero-order chi connectivity index (χ0) is 9.90. The Morgan fingerprint density at radius 2 is 1.77 bits per heavy atom. The summed E-state index contributed by atoms with van der Waals surface area (Å²) in [6.45, 7) is 4.19. The van der Waals surface area contributed by atoms with Crippen molar-refractivity contribution >= 4 is 11.6 Å². The van der Waals surface area contributed by atoms with Crippen molar-refractivity contribution in [2.24, 2.45) is 0 Å². The molecule has 0 aliphatic rings. The fourth-order valence-corrected chi connectivity index (χ4v) is 1.42. The lowest BCUT2D eigenvalue weighted by molar-refractivity contribution is 0.409. The third-order valence-electron chi connectivity index (χ3n) is 2.37. The van der Waals surface area contributed by atoms with Gasteiger partial charge in [0.15, 0.2) is 0 Å². The fourth-order valence-electron chi connectivity index (χ4n) is 1.17. The summed E-state index contributed by atoms with van der Waals surface area (Å²) in [7, 11) is 1.93. The first-order valence-electron chi connectivity index (χ1n) is 4.46. The molecule has 1 N–H and O–H groups in total. The third kappa shape index (κ3) is 2.45. The number of halogens is 1. The van der Waals surface area contributed by atoms with Gasteiger partial charge in [0.25, 0.3) is 0 Å². The van der Waals surface area contributed by atoms with Crippen LogP contribution in [0.4, 0.5) is 0 Å². The Bertz CT molecular complexity index is 256. The Morgan fingerprint density at radius 3 is 2.23 bits per heavy atom. The van der Waals surface area contributed by atoms with Gasteiger partial charge in [0.2, 0.25) is 0 Å². The molecule has 1 rings (SSSR count). The highest BCUT2D eigenvalue weighted by molar-refractivity contribution is 6.21. The summed E-state index contributed by atoms with van der Waals surface area (Å²) >= 11 is 6.34. The summed E-state index contributed by atoms with van der Waals surface area (Å²) in [5.41, 5.74) is 1.08. The smallest absolute Gasteiger partial charge is 0.0761 e. The van der Waals surface area contributed by atoms with Crippen LogP contribution < -0.4 is 5.32 Å². The van der Waals surface area contributed by atoms with Crippen molar-refractivity contribution in [1.29, 1.82) is 0 Å². The van der Waals surface area contributed by atoms with E-state index >= 15 is 0 Å². The van der Waals surface area contributed by atoms with Crippen LogP contribution in [0.1, 0.15) is 24.8 Å². The van der Waals surface area contributed by atoms with Gasteiger partial charge in [-0.05, 0) is 26.5 Å². The predicted molar refractivity (Wildman–Crippen MR) is 58.2 cm³/mol. The third-order valence-corrected chi connectivity index (χ3v) is 3.17. The molecule has 0 heterocycles. The van der Waals surface area contributed by atoms with Crippen molar-refractivity contribution in [1.82, 2.24) is 5.32 Å². The topological polar surface area (TPSA) is 12.0 Å². The highest BCUT2D eigenvalue weighted by Gasteiger charge is 2.26. The standard InChI is InChI=1S/C11H16ClN/c1-11(2,13-3)10(12)9-7-5-4-6-8-9/h4-8,10,13H,1-3H3. The second kappa shape index (κ2) is 4.12. The first kappa shape index (κ1) is 10.6. The molecular weight excluding hydrogens is 182 g/mol. The maximum absolute atomic E-state index is 6.34. The lowest BCUT2D eigenvalue weighted by Crippen LogP contribution is -2.40. The molecule has 0 amide bonds. The Kier molecular flexibility index (Phi) is 3.34. The quantitative estimate of drug-likeness (QED) is 0.735. The molecule has 1 atom stereocenters. The molecule has 0 spiro atoms. The van der Waals surface area contributed by atoms with Gasteiger partial charge in [-0.15, -0.1) is 11.6 Å². The average molecular weight is 198 g/mol. The van der Waals surface area contributed by atoms with Crippen LogP contribution in [0.5, 0.6) is 0 Å². The van der Waals surface area contributed by atoms with Gasteiger partial charge in [0.1, 0.15) is 0 Å². The second-order valence-corrected chi connectivity index (χ2v) is 4.18. The van der Waals surface area contributed by atoms with Gasteiger partial charge < -0.3 is 5.32 Å². The summed E-state index contributed by atoms with van der Waals surface area (Å²) in [6, 6.07) is 10.1. The molecule has 1 unspecified atom stereocenters. The van der Waals surface area contributed by atoms with E-state index in [1.807, 2.05) is 25.2 Å². The monoisotopic (exact) mass is 197 g/mol. The number of hydrogen-bond donors (Lipinski definition) is 1. The molecular formula is C11H16ClN. The van der Waals surface area contributed by atoms with E-state index in [1.165, 1.54) is 0 Å². The molecule has 1 aromatic rings. The van der Waals surface area contributed by atoms with E-state index in [-0.39, 0.29) is 10.9 Å². The minimum absolute atomic E-state index is 0.00120. The van der Waals surface area contributed by atoms with E-state index < -0.39 is 0 Å². The number of likely N-dealkylation sites (N-methyl/N-ethyl adjacent to an activating group) is 1. The first-order chi connectivity index (χ1) is 6.08. The summed E-state index contributed by atoms with van der Waals surface area (Å²) in [6.07, 6.45) is 0. The molecule has 0 aliphatic heterocycles.